The minimum absolute atomic E-state index is 0.102. The number of hydrogen-bond donors (Lipinski definition) is 1. The van der Waals surface area contributed by atoms with E-state index in [1.54, 1.807) is 0 Å². The van der Waals surface area contributed by atoms with Gasteiger partial charge in [-0.2, -0.15) is 0 Å². The lowest BCUT2D eigenvalue weighted by molar-refractivity contribution is -0.117. The van der Waals surface area contributed by atoms with Crippen LogP contribution in [0.25, 0.3) is 0 Å². The second-order valence-corrected chi connectivity index (χ2v) is 8.59. The van der Waals surface area contributed by atoms with Gasteiger partial charge < -0.3 is 15.1 Å². The Morgan fingerprint density at radius 3 is 2.52 bits per heavy atom. The molecule has 2 amide bonds. The van der Waals surface area contributed by atoms with E-state index in [2.05, 4.69) is 10.2 Å². The number of carbonyl (C=O) groups excluding carboxylic acids is 2. The van der Waals surface area contributed by atoms with Gasteiger partial charge in [0.1, 0.15) is 0 Å². The number of anilines is 2. The summed E-state index contributed by atoms with van der Waals surface area (Å²) in [7, 11) is 4.01. The van der Waals surface area contributed by atoms with Crippen molar-refractivity contribution in [3.05, 3.63) is 46.2 Å². The van der Waals surface area contributed by atoms with Gasteiger partial charge in [-0.3, -0.25) is 9.59 Å². The number of thiophene rings is 1. The minimum atomic E-state index is 0.102. The monoisotopic (exact) mass is 383 g/mol. The van der Waals surface area contributed by atoms with Gasteiger partial charge in [-0.25, -0.2) is 0 Å². The van der Waals surface area contributed by atoms with Crippen molar-refractivity contribution in [3.63, 3.8) is 0 Å². The summed E-state index contributed by atoms with van der Waals surface area (Å²) in [5.41, 5.74) is 2.95. The van der Waals surface area contributed by atoms with E-state index in [9.17, 15) is 9.59 Å². The predicted octanol–water partition coefficient (Wildman–Crippen LogP) is 3.97. The Bertz CT molecular complexity index is 839. The number of rotatable bonds is 7. The molecule has 0 aliphatic heterocycles. The Balaban J connectivity index is 1.59. The van der Waals surface area contributed by atoms with Crippen molar-refractivity contribution in [3.8, 4) is 0 Å². The number of nitrogens with zero attached hydrogens (tertiary/aromatic N) is 2. The van der Waals surface area contributed by atoms with Gasteiger partial charge in [0.15, 0.2) is 0 Å². The van der Waals surface area contributed by atoms with Gasteiger partial charge in [0.25, 0.3) is 5.91 Å². The SMILES string of the molecule is CN(C)c1ccc(NC(=O)C2CC2)cc1CN(C(=O)c1cccs1)C1CC1. The Kier molecular flexibility index (Phi) is 4.91. The average molecular weight is 384 g/mol. The van der Waals surface area contributed by atoms with Gasteiger partial charge in [0.2, 0.25) is 5.91 Å². The summed E-state index contributed by atoms with van der Waals surface area (Å²) in [6.45, 7) is 0.558. The lowest BCUT2D eigenvalue weighted by Crippen LogP contribution is -2.32. The molecule has 2 aliphatic rings. The van der Waals surface area contributed by atoms with Crippen LogP contribution in [-0.4, -0.2) is 36.9 Å². The highest BCUT2D eigenvalue weighted by molar-refractivity contribution is 7.12. The fourth-order valence-corrected chi connectivity index (χ4v) is 3.97. The molecule has 0 bridgehead atoms. The molecule has 1 aromatic carbocycles. The van der Waals surface area contributed by atoms with Gasteiger partial charge in [-0.05, 0) is 60.9 Å². The van der Waals surface area contributed by atoms with E-state index in [4.69, 9.17) is 0 Å². The van der Waals surface area contributed by atoms with E-state index in [-0.39, 0.29) is 17.7 Å². The maximum absolute atomic E-state index is 13.0. The summed E-state index contributed by atoms with van der Waals surface area (Å²) in [5, 5.41) is 4.97. The summed E-state index contributed by atoms with van der Waals surface area (Å²) >= 11 is 1.49. The zero-order valence-electron chi connectivity index (χ0n) is 15.8. The van der Waals surface area contributed by atoms with Crippen LogP contribution in [0.2, 0.25) is 0 Å². The van der Waals surface area contributed by atoms with Crippen molar-refractivity contribution in [2.75, 3.05) is 24.3 Å². The summed E-state index contributed by atoms with van der Waals surface area (Å²) < 4.78 is 0. The molecule has 2 fully saturated rings. The molecule has 2 saturated carbocycles. The summed E-state index contributed by atoms with van der Waals surface area (Å²) in [6, 6.07) is 10.1. The van der Waals surface area contributed by atoms with Gasteiger partial charge in [-0.15, -0.1) is 11.3 Å². The van der Waals surface area contributed by atoms with Crippen molar-refractivity contribution < 1.29 is 9.59 Å². The first kappa shape index (κ1) is 18.0. The number of benzene rings is 1. The standard InChI is InChI=1S/C21H25N3O2S/c1-23(2)18-10-7-16(22-20(25)14-5-6-14)12-15(18)13-24(17-8-9-17)21(26)19-4-3-11-27-19/h3-4,7,10-12,14,17H,5-6,8-9,13H2,1-2H3,(H,22,25). The van der Waals surface area contributed by atoms with Crippen LogP contribution in [0, 0.1) is 5.92 Å². The molecular formula is C21H25N3O2S. The van der Waals surface area contributed by atoms with Crippen LogP contribution >= 0.6 is 11.3 Å². The third-order valence-corrected chi connectivity index (χ3v) is 5.96. The maximum Gasteiger partial charge on any atom is 0.264 e. The number of hydrogen-bond acceptors (Lipinski definition) is 4. The van der Waals surface area contributed by atoms with Gasteiger partial charge in [-0.1, -0.05) is 6.07 Å². The van der Waals surface area contributed by atoms with Crippen LogP contribution in [0.4, 0.5) is 11.4 Å². The molecule has 1 N–H and O–H groups in total. The first-order valence-electron chi connectivity index (χ1n) is 9.48. The highest BCUT2D eigenvalue weighted by Crippen LogP contribution is 2.34. The molecule has 6 heteroatoms. The predicted molar refractivity (Wildman–Crippen MR) is 109 cm³/mol. The molecule has 1 aromatic heterocycles. The lowest BCUT2D eigenvalue weighted by Gasteiger charge is -2.26. The van der Waals surface area contributed by atoms with Gasteiger partial charge in [0, 0.05) is 44.0 Å². The Morgan fingerprint density at radius 1 is 1.15 bits per heavy atom. The Morgan fingerprint density at radius 2 is 1.93 bits per heavy atom. The van der Waals surface area contributed by atoms with Crippen molar-refractivity contribution in [1.29, 1.82) is 0 Å². The molecule has 0 atom stereocenters. The quantitative estimate of drug-likeness (QED) is 0.787. The van der Waals surface area contributed by atoms with Crippen LogP contribution in [0.1, 0.15) is 40.9 Å². The molecule has 2 aromatic rings. The summed E-state index contributed by atoms with van der Waals surface area (Å²) in [5.74, 6) is 0.377. The minimum Gasteiger partial charge on any atom is -0.377 e. The summed E-state index contributed by atoms with van der Waals surface area (Å²) in [4.78, 5) is 29.9. The zero-order chi connectivity index (χ0) is 19.0. The highest BCUT2D eigenvalue weighted by Gasteiger charge is 2.34. The number of amides is 2. The Labute approximate surface area is 164 Å². The highest BCUT2D eigenvalue weighted by atomic mass is 32.1. The van der Waals surface area contributed by atoms with Crippen molar-refractivity contribution in [2.24, 2.45) is 5.92 Å². The molecule has 142 valence electrons. The zero-order valence-corrected chi connectivity index (χ0v) is 16.6. The number of nitrogens with one attached hydrogen (secondary N) is 1. The molecule has 0 saturated heterocycles. The van der Waals surface area contributed by atoms with E-state index in [0.717, 1.165) is 47.5 Å². The second kappa shape index (κ2) is 7.35. The maximum atomic E-state index is 13.0. The average Bonchev–Trinajstić information content (AvgIpc) is 3.57. The molecular weight excluding hydrogens is 358 g/mol. The first-order valence-corrected chi connectivity index (χ1v) is 10.4. The topological polar surface area (TPSA) is 52.7 Å². The van der Waals surface area contributed by atoms with Crippen LogP contribution in [-0.2, 0) is 11.3 Å². The molecule has 2 aliphatic carbocycles. The molecule has 27 heavy (non-hydrogen) atoms. The molecule has 0 radical (unpaired) electrons. The fourth-order valence-electron chi connectivity index (χ4n) is 3.29. The smallest absolute Gasteiger partial charge is 0.264 e. The van der Waals surface area contributed by atoms with Crippen molar-refractivity contribution in [2.45, 2.75) is 38.3 Å². The lowest BCUT2D eigenvalue weighted by atomic mass is 10.1. The number of carbonyl (C=O) groups is 2. The molecule has 0 unspecified atom stereocenters. The first-order chi connectivity index (χ1) is 13.0. The van der Waals surface area contributed by atoms with E-state index in [1.807, 2.05) is 54.7 Å². The molecule has 5 nitrogen and oxygen atoms in total. The summed E-state index contributed by atoms with van der Waals surface area (Å²) in [6.07, 6.45) is 4.09. The van der Waals surface area contributed by atoms with Crippen LogP contribution < -0.4 is 10.2 Å². The van der Waals surface area contributed by atoms with E-state index >= 15 is 0 Å². The van der Waals surface area contributed by atoms with Crippen molar-refractivity contribution >= 4 is 34.5 Å². The van der Waals surface area contributed by atoms with Crippen LogP contribution in [0.5, 0.6) is 0 Å². The largest absolute Gasteiger partial charge is 0.377 e. The van der Waals surface area contributed by atoms with E-state index in [0.29, 0.717) is 12.6 Å². The fraction of sp³-hybridized carbons (Fsp3) is 0.429. The molecule has 0 spiro atoms. The van der Waals surface area contributed by atoms with Crippen LogP contribution in [0.15, 0.2) is 35.7 Å². The second-order valence-electron chi connectivity index (χ2n) is 7.64. The van der Waals surface area contributed by atoms with Gasteiger partial charge in [0.05, 0.1) is 4.88 Å². The Hall–Kier alpha value is -2.34. The van der Waals surface area contributed by atoms with Crippen LogP contribution in [0.3, 0.4) is 0 Å². The third-order valence-electron chi connectivity index (χ3n) is 5.10. The molecule has 4 rings (SSSR count). The van der Waals surface area contributed by atoms with Crippen molar-refractivity contribution in [1.82, 2.24) is 4.90 Å². The third kappa shape index (κ3) is 4.16. The normalized spacial score (nSPS) is 16.1. The van der Waals surface area contributed by atoms with E-state index in [1.165, 1.54) is 11.3 Å². The molecule has 1 heterocycles. The van der Waals surface area contributed by atoms with E-state index < -0.39 is 0 Å². The van der Waals surface area contributed by atoms with Gasteiger partial charge >= 0.3 is 0 Å².